The van der Waals surface area contributed by atoms with E-state index in [2.05, 4.69) is 0 Å². The molecule has 7 heteroatoms. The van der Waals surface area contributed by atoms with E-state index in [1.54, 1.807) is 55.6 Å². The van der Waals surface area contributed by atoms with Crippen molar-refractivity contribution in [2.75, 3.05) is 12.0 Å². The third-order valence-corrected chi connectivity index (χ3v) is 5.57. The van der Waals surface area contributed by atoms with Crippen LogP contribution in [0.5, 0.6) is 5.75 Å². The molecular formula is C24H24N2O5. The Bertz CT molecular complexity index is 1070. The molecule has 0 spiro atoms. The van der Waals surface area contributed by atoms with Crippen LogP contribution >= 0.6 is 0 Å². The van der Waals surface area contributed by atoms with Crippen molar-refractivity contribution in [3.05, 3.63) is 60.2 Å². The summed E-state index contributed by atoms with van der Waals surface area (Å²) in [7, 11) is 1.55. The average Bonchev–Trinajstić information content (AvgIpc) is 3.26. The Labute approximate surface area is 180 Å². The maximum absolute atomic E-state index is 13.5. The summed E-state index contributed by atoms with van der Waals surface area (Å²) < 4.78 is 11.1. The van der Waals surface area contributed by atoms with Gasteiger partial charge in [0.25, 0.3) is 0 Å². The Kier molecular flexibility index (Phi) is 4.92. The van der Waals surface area contributed by atoms with Crippen molar-refractivity contribution in [3.63, 3.8) is 0 Å². The number of rotatable bonds is 4. The first-order valence-corrected chi connectivity index (χ1v) is 10.1. The number of carbonyl (C=O) groups excluding carboxylic acids is 3. The highest BCUT2D eigenvalue weighted by Gasteiger charge is 2.59. The van der Waals surface area contributed by atoms with Gasteiger partial charge in [0.2, 0.25) is 17.5 Å². The Hall–Kier alpha value is -3.48. The van der Waals surface area contributed by atoms with Gasteiger partial charge >= 0.3 is 5.97 Å². The highest BCUT2D eigenvalue weighted by Crippen LogP contribution is 2.47. The van der Waals surface area contributed by atoms with E-state index in [9.17, 15) is 14.4 Å². The summed E-state index contributed by atoms with van der Waals surface area (Å²) in [5.41, 5.74) is -0.962. The summed E-state index contributed by atoms with van der Waals surface area (Å²) in [4.78, 5) is 45.1. The van der Waals surface area contributed by atoms with Gasteiger partial charge in [-0.05, 0) is 36.4 Å². The zero-order valence-electron chi connectivity index (χ0n) is 17.9. The van der Waals surface area contributed by atoms with Gasteiger partial charge in [-0.15, -0.1) is 0 Å². The van der Waals surface area contributed by atoms with Crippen molar-refractivity contribution in [3.8, 4) is 5.75 Å². The molecule has 0 radical (unpaired) electrons. The molecule has 7 nitrogen and oxygen atoms in total. The molecule has 0 aliphatic carbocycles. The molecule has 160 valence electrons. The lowest BCUT2D eigenvalue weighted by Gasteiger charge is -2.30. The molecule has 4 rings (SSSR count). The number of ether oxygens (including phenoxy) is 2. The summed E-state index contributed by atoms with van der Waals surface area (Å²) in [5.74, 6) is -1.75. The Morgan fingerprint density at radius 3 is 2.23 bits per heavy atom. The zero-order valence-corrected chi connectivity index (χ0v) is 17.9. The molecule has 2 amide bonds. The van der Waals surface area contributed by atoms with Crippen molar-refractivity contribution in [1.29, 1.82) is 0 Å². The lowest BCUT2D eigenvalue weighted by molar-refractivity contribution is -0.156. The average molecular weight is 420 g/mol. The van der Waals surface area contributed by atoms with E-state index < -0.39 is 28.9 Å². The topological polar surface area (TPSA) is 85.3 Å². The van der Waals surface area contributed by atoms with Gasteiger partial charge < -0.3 is 9.47 Å². The molecule has 0 N–H and O–H groups in total. The number of hydrogen-bond donors (Lipinski definition) is 0. The first-order chi connectivity index (χ1) is 14.7. The third kappa shape index (κ3) is 3.40. The molecule has 2 atom stereocenters. The summed E-state index contributed by atoms with van der Waals surface area (Å²) in [6, 6.07) is 15.6. The largest absolute Gasteiger partial charge is 0.497 e. The zero-order chi connectivity index (χ0) is 22.4. The molecule has 1 fully saturated rings. The highest BCUT2D eigenvalue weighted by molar-refractivity contribution is 6.39. The van der Waals surface area contributed by atoms with Crippen LogP contribution in [-0.2, 0) is 24.8 Å². The van der Waals surface area contributed by atoms with Gasteiger partial charge in [0, 0.05) is 17.4 Å². The fourth-order valence-electron chi connectivity index (χ4n) is 3.99. The van der Waals surface area contributed by atoms with Crippen LogP contribution < -0.4 is 9.64 Å². The molecule has 31 heavy (non-hydrogen) atoms. The predicted octanol–water partition coefficient (Wildman–Crippen LogP) is 3.47. The molecule has 1 saturated heterocycles. The van der Waals surface area contributed by atoms with E-state index in [1.165, 1.54) is 0 Å². The van der Waals surface area contributed by atoms with E-state index in [0.29, 0.717) is 17.0 Å². The minimum Gasteiger partial charge on any atom is -0.497 e. The number of nitrogens with zero attached hydrogens (tertiary/aromatic N) is 2. The first kappa shape index (κ1) is 20.8. The van der Waals surface area contributed by atoms with Crippen molar-refractivity contribution < 1.29 is 23.9 Å². The van der Waals surface area contributed by atoms with E-state index in [1.807, 2.05) is 26.8 Å². The van der Waals surface area contributed by atoms with E-state index >= 15 is 0 Å². The van der Waals surface area contributed by atoms with Crippen molar-refractivity contribution in [1.82, 2.24) is 0 Å². The number of benzene rings is 2. The van der Waals surface area contributed by atoms with Gasteiger partial charge in [-0.3, -0.25) is 14.5 Å². The smallest absolute Gasteiger partial charge is 0.355 e. The minimum absolute atomic E-state index is 0.117. The number of anilines is 1. The number of aliphatic imine (C=N–C) groups is 1. The number of imide groups is 1. The monoisotopic (exact) mass is 420 g/mol. The van der Waals surface area contributed by atoms with Crippen molar-refractivity contribution >= 4 is 29.2 Å². The molecule has 2 unspecified atom stereocenters. The maximum atomic E-state index is 13.5. The molecule has 0 saturated carbocycles. The number of esters is 1. The first-order valence-electron chi connectivity index (χ1n) is 10.1. The number of para-hydroxylation sites is 1. The SMILES string of the molecule is COc1ccc(C2(C3CC(=O)N(c4ccccc4)C3=O)N=C(C(C)(C)C)C(=O)O2)cc1. The van der Waals surface area contributed by atoms with Gasteiger partial charge in [-0.25, -0.2) is 9.79 Å². The fraction of sp³-hybridized carbons (Fsp3) is 0.333. The van der Waals surface area contributed by atoms with Gasteiger partial charge in [-0.1, -0.05) is 39.0 Å². The predicted molar refractivity (Wildman–Crippen MR) is 115 cm³/mol. The summed E-state index contributed by atoms with van der Waals surface area (Å²) in [6.07, 6.45) is -0.117. The van der Waals surface area contributed by atoms with E-state index in [0.717, 1.165) is 4.90 Å². The van der Waals surface area contributed by atoms with Crippen LogP contribution in [0.2, 0.25) is 0 Å². The molecule has 2 aliphatic rings. The van der Waals surface area contributed by atoms with Crippen LogP contribution in [0.25, 0.3) is 0 Å². The fourth-order valence-corrected chi connectivity index (χ4v) is 3.99. The highest BCUT2D eigenvalue weighted by atomic mass is 16.6. The second kappa shape index (κ2) is 7.34. The lowest BCUT2D eigenvalue weighted by Crippen LogP contribution is -2.40. The summed E-state index contributed by atoms with van der Waals surface area (Å²) >= 11 is 0. The van der Waals surface area contributed by atoms with Crippen LogP contribution in [0.3, 0.4) is 0 Å². The number of hydrogen-bond acceptors (Lipinski definition) is 6. The second-order valence-electron chi connectivity index (χ2n) is 8.68. The molecular weight excluding hydrogens is 396 g/mol. The quantitative estimate of drug-likeness (QED) is 0.559. The van der Waals surface area contributed by atoms with Crippen LogP contribution in [-0.4, -0.2) is 30.6 Å². The standard InChI is InChI=1S/C24H24N2O5/c1-23(2,3)20-22(29)31-24(25-20,15-10-12-17(30-4)13-11-15)18-14-19(27)26(21(18)28)16-8-6-5-7-9-16/h5-13,18H,14H2,1-4H3. The molecule has 0 bridgehead atoms. The Morgan fingerprint density at radius 1 is 1.03 bits per heavy atom. The molecule has 2 aromatic carbocycles. The van der Waals surface area contributed by atoms with Crippen LogP contribution in [0.1, 0.15) is 32.8 Å². The maximum Gasteiger partial charge on any atom is 0.355 e. The number of cyclic esters (lactones) is 1. The second-order valence-corrected chi connectivity index (χ2v) is 8.68. The van der Waals surface area contributed by atoms with Crippen molar-refractivity contribution in [2.24, 2.45) is 16.3 Å². The van der Waals surface area contributed by atoms with Gasteiger partial charge in [0.1, 0.15) is 17.4 Å². The molecule has 0 aromatic heterocycles. The van der Waals surface area contributed by atoms with Crippen LogP contribution in [0, 0.1) is 11.3 Å². The van der Waals surface area contributed by atoms with E-state index in [4.69, 9.17) is 14.5 Å². The summed E-state index contributed by atoms with van der Waals surface area (Å²) in [5, 5.41) is 0. The Balaban J connectivity index is 1.84. The molecule has 2 heterocycles. The van der Waals surface area contributed by atoms with Crippen molar-refractivity contribution in [2.45, 2.75) is 32.9 Å². The van der Waals surface area contributed by atoms with Crippen LogP contribution in [0.4, 0.5) is 5.69 Å². The normalized spacial score (nSPS) is 23.7. The third-order valence-electron chi connectivity index (χ3n) is 5.57. The van der Waals surface area contributed by atoms with Gasteiger partial charge in [0.05, 0.1) is 12.8 Å². The Morgan fingerprint density at radius 2 is 1.68 bits per heavy atom. The number of methoxy groups -OCH3 is 1. The number of carbonyl (C=O) groups is 3. The lowest BCUT2D eigenvalue weighted by atomic mass is 9.86. The summed E-state index contributed by atoms with van der Waals surface area (Å²) in [6.45, 7) is 5.57. The number of amides is 2. The molecule has 2 aromatic rings. The van der Waals surface area contributed by atoms with Gasteiger partial charge in [-0.2, -0.15) is 0 Å². The minimum atomic E-state index is -1.61. The molecule has 2 aliphatic heterocycles. The van der Waals surface area contributed by atoms with Gasteiger partial charge in [0.15, 0.2) is 0 Å². The van der Waals surface area contributed by atoms with Crippen LogP contribution in [0.15, 0.2) is 59.6 Å². The van der Waals surface area contributed by atoms with E-state index in [-0.39, 0.29) is 18.0 Å².